The van der Waals surface area contributed by atoms with E-state index >= 15 is 0 Å². The predicted octanol–water partition coefficient (Wildman–Crippen LogP) is 4.41. The van der Waals surface area contributed by atoms with Gasteiger partial charge in [-0.1, -0.05) is 37.3 Å². The Morgan fingerprint density at radius 3 is 2.50 bits per heavy atom. The molecule has 24 heavy (non-hydrogen) atoms. The van der Waals surface area contributed by atoms with Crippen LogP contribution in [0, 0.1) is 0 Å². The van der Waals surface area contributed by atoms with E-state index in [9.17, 15) is 4.79 Å². The molecule has 0 aliphatic rings. The van der Waals surface area contributed by atoms with Crippen LogP contribution in [0.3, 0.4) is 0 Å². The van der Waals surface area contributed by atoms with E-state index in [4.69, 9.17) is 4.74 Å². The lowest BCUT2D eigenvalue weighted by atomic mass is 10.1. The third-order valence-electron chi connectivity index (χ3n) is 3.90. The summed E-state index contributed by atoms with van der Waals surface area (Å²) in [5, 5.41) is 12.7. The minimum atomic E-state index is -0.0314. The number of hydrogen-bond donors (Lipinski definition) is 1. The Balaban J connectivity index is 1.82. The van der Waals surface area contributed by atoms with E-state index < -0.39 is 0 Å². The van der Waals surface area contributed by atoms with E-state index in [1.807, 2.05) is 31.2 Å². The molecule has 0 saturated carbocycles. The van der Waals surface area contributed by atoms with Gasteiger partial charge in [0, 0.05) is 12.3 Å². The van der Waals surface area contributed by atoms with Gasteiger partial charge in [0.1, 0.15) is 10.8 Å². The molecule has 0 bridgehead atoms. The van der Waals surface area contributed by atoms with E-state index in [-0.39, 0.29) is 5.91 Å². The highest BCUT2D eigenvalue weighted by Gasteiger charge is 2.14. The topological polar surface area (TPSA) is 64.1 Å². The second-order valence-electron chi connectivity index (χ2n) is 5.58. The van der Waals surface area contributed by atoms with Crippen LogP contribution in [-0.2, 0) is 11.2 Å². The summed E-state index contributed by atoms with van der Waals surface area (Å²) in [4.78, 5) is 12.1. The zero-order valence-electron chi connectivity index (χ0n) is 14.5. The molecule has 2 rings (SSSR count). The van der Waals surface area contributed by atoms with Gasteiger partial charge in [0.2, 0.25) is 11.0 Å². The lowest BCUT2D eigenvalue weighted by Gasteiger charge is -2.06. The predicted molar refractivity (Wildman–Crippen MR) is 97.8 cm³/mol. The molecule has 0 fully saturated rings. The monoisotopic (exact) mass is 347 g/mol. The number of aromatic nitrogens is 2. The van der Waals surface area contributed by atoms with Crippen LogP contribution in [0.15, 0.2) is 24.3 Å². The maximum Gasteiger partial charge on any atom is 0.226 e. The number of amides is 1. The number of ether oxygens (including phenoxy) is 1. The molecule has 0 aliphatic carbocycles. The number of nitrogens with one attached hydrogen (secondary N) is 1. The fourth-order valence-corrected chi connectivity index (χ4v) is 3.47. The van der Waals surface area contributed by atoms with Crippen molar-refractivity contribution in [2.75, 3.05) is 11.9 Å². The first kappa shape index (κ1) is 18.4. The molecular formula is C18H25N3O2S. The maximum absolute atomic E-state index is 12.1. The third kappa shape index (κ3) is 5.30. The van der Waals surface area contributed by atoms with Crippen molar-refractivity contribution < 1.29 is 9.53 Å². The lowest BCUT2D eigenvalue weighted by molar-refractivity contribution is -0.116. The Kier molecular flexibility index (Phi) is 7.18. The van der Waals surface area contributed by atoms with Crippen molar-refractivity contribution >= 4 is 22.4 Å². The molecule has 1 aromatic carbocycles. The van der Waals surface area contributed by atoms with Crippen LogP contribution in [0.2, 0.25) is 0 Å². The van der Waals surface area contributed by atoms with Crippen LogP contribution >= 0.6 is 11.3 Å². The number of hydrogen-bond acceptors (Lipinski definition) is 5. The van der Waals surface area contributed by atoms with Crippen molar-refractivity contribution in [1.82, 2.24) is 10.2 Å². The highest BCUT2D eigenvalue weighted by Crippen LogP contribution is 2.28. The second kappa shape index (κ2) is 9.37. The summed E-state index contributed by atoms with van der Waals surface area (Å²) < 4.78 is 5.41. The molecule has 1 heterocycles. The van der Waals surface area contributed by atoms with Crippen molar-refractivity contribution in [3.05, 3.63) is 34.8 Å². The Labute approximate surface area is 147 Å². The summed E-state index contributed by atoms with van der Waals surface area (Å²) in [6, 6.07) is 7.86. The standard InChI is InChI=1S/C18H25N3O2S/c1-4-14(5-2)17-20-21-18(24-17)19-16(22)12-9-13-7-10-15(11-8-13)23-6-3/h7-8,10-11,14H,4-6,9,12H2,1-3H3,(H,19,21,22). The molecule has 5 nitrogen and oxygen atoms in total. The van der Waals surface area contributed by atoms with Crippen molar-refractivity contribution in [3.8, 4) is 5.75 Å². The molecule has 6 heteroatoms. The summed E-state index contributed by atoms with van der Waals surface area (Å²) in [5.74, 6) is 1.25. The zero-order chi connectivity index (χ0) is 17.4. The zero-order valence-corrected chi connectivity index (χ0v) is 15.4. The van der Waals surface area contributed by atoms with E-state index in [1.165, 1.54) is 11.3 Å². The smallest absolute Gasteiger partial charge is 0.226 e. The van der Waals surface area contributed by atoms with Crippen LogP contribution in [0.25, 0.3) is 0 Å². The van der Waals surface area contributed by atoms with Crippen LogP contribution in [0.1, 0.15) is 56.5 Å². The van der Waals surface area contributed by atoms with Crippen molar-refractivity contribution in [1.29, 1.82) is 0 Å². The Morgan fingerprint density at radius 1 is 1.17 bits per heavy atom. The summed E-state index contributed by atoms with van der Waals surface area (Å²) >= 11 is 1.48. The summed E-state index contributed by atoms with van der Waals surface area (Å²) in [6.07, 6.45) is 3.19. The average Bonchev–Trinajstić information content (AvgIpc) is 3.04. The molecular weight excluding hydrogens is 322 g/mol. The van der Waals surface area contributed by atoms with Gasteiger partial charge in [-0.15, -0.1) is 10.2 Å². The van der Waals surface area contributed by atoms with Gasteiger partial charge in [0.05, 0.1) is 6.61 Å². The van der Waals surface area contributed by atoms with E-state index in [1.54, 1.807) is 0 Å². The van der Waals surface area contributed by atoms with Crippen molar-refractivity contribution in [2.24, 2.45) is 0 Å². The number of rotatable bonds is 9. The van der Waals surface area contributed by atoms with E-state index in [2.05, 4.69) is 29.4 Å². The SMILES string of the molecule is CCOc1ccc(CCC(=O)Nc2nnc(C(CC)CC)s2)cc1. The van der Waals surface area contributed by atoms with Crippen molar-refractivity contribution in [3.63, 3.8) is 0 Å². The van der Waals surface area contributed by atoms with Gasteiger partial charge < -0.3 is 10.1 Å². The van der Waals surface area contributed by atoms with Crippen LogP contribution in [0.5, 0.6) is 5.75 Å². The molecule has 1 aromatic heterocycles. The minimum Gasteiger partial charge on any atom is -0.494 e. The van der Waals surface area contributed by atoms with Crippen LogP contribution in [-0.4, -0.2) is 22.7 Å². The van der Waals surface area contributed by atoms with E-state index in [0.717, 1.165) is 29.2 Å². The van der Waals surface area contributed by atoms with E-state index in [0.29, 0.717) is 30.5 Å². The van der Waals surface area contributed by atoms with Crippen molar-refractivity contribution in [2.45, 2.75) is 52.4 Å². The van der Waals surface area contributed by atoms with Gasteiger partial charge in [-0.3, -0.25) is 4.79 Å². The maximum atomic E-state index is 12.1. The fourth-order valence-electron chi connectivity index (χ4n) is 2.45. The number of aryl methyl sites for hydroxylation is 1. The highest BCUT2D eigenvalue weighted by molar-refractivity contribution is 7.15. The molecule has 0 saturated heterocycles. The molecule has 0 unspecified atom stereocenters. The first-order chi connectivity index (χ1) is 11.7. The fraction of sp³-hybridized carbons (Fsp3) is 0.500. The molecule has 0 aliphatic heterocycles. The number of anilines is 1. The van der Waals surface area contributed by atoms with Gasteiger partial charge in [-0.25, -0.2) is 0 Å². The number of nitrogens with zero attached hydrogens (tertiary/aromatic N) is 2. The Hall–Kier alpha value is -1.95. The minimum absolute atomic E-state index is 0.0314. The largest absolute Gasteiger partial charge is 0.494 e. The van der Waals surface area contributed by atoms with Gasteiger partial charge >= 0.3 is 0 Å². The molecule has 1 N–H and O–H groups in total. The Bertz CT molecular complexity index is 636. The third-order valence-corrected chi connectivity index (χ3v) is 4.90. The quantitative estimate of drug-likeness (QED) is 0.729. The molecule has 1 amide bonds. The molecule has 2 aromatic rings. The van der Waals surface area contributed by atoms with Crippen LogP contribution in [0.4, 0.5) is 5.13 Å². The molecule has 0 atom stereocenters. The summed E-state index contributed by atoms with van der Waals surface area (Å²) in [5.41, 5.74) is 1.11. The highest BCUT2D eigenvalue weighted by atomic mass is 32.1. The first-order valence-electron chi connectivity index (χ1n) is 8.51. The van der Waals surface area contributed by atoms with Crippen LogP contribution < -0.4 is 10.1 Å². The average molecular weight is 347 g/mol. The number of carbonyl (C=O) groups excluding carboxylic acids is 1. The molecule has 130 valence electrons. The Morgan fingerprint density at radius 2 is 1.88 bits per heavy atom. The molecule has 0 spiro atoms. The summed E-state index contributed by atoms with van der Waals surface area (Å²) in [6.45, 7) is 6.90. The van der Waals surface area contributed by atoms with Gasteiger partial charge in [-0.05, 0) is 43.9 Å². The van der Waals surface area contributed by atoms with Gasteiger partial charge in [0.25, 0.3) is 0 Å². The normalized spacial score (nSPS) is 10.8. The lowest BCUT2D eigenvalue weighted by Crippen LogP contribution is -2.12. The van der Waals surface area contributed by atoms with Gasteiger partial charge in [-0.2, -0.15) is 0 Å². The molecule has 0 radical (unpaired) electrons. The first-order valence-corrected chi connectivity index (χ1v) is 9.32. The number of benzene rings is 1. The number of carbonyl (C=O) groups is 1. The second-order valence-corrected chi connectivity index (χ2v) is 6.59. The van der Waals surface area contributed by atoms with Gasteiger partial charge in [0.15, 0.2) is 0 Å². The summed E-state index contributed by atoms with van der Waals surface area (Å²) in [7, 11) is 0.